The third kappa shape index (κ3) is 16.6. The van der Waals surface area contributed by atoms with E-state index in [0.29, 0.717) is 22.2 Å². The Bertz CT molecular complexity index is 1360. The van der Waals surface area contributed by atoms with Crippen LogP contribution in [0.5, 0.6) is 0 Å². The molecule has 2 atom stereocenters. The van der Waals surface area contributed by atoms with Gasteiger partial charge in [0.1, 0.15) is 12.4 Å². The first kappa shape index (κ1) is 45.3. The van der Waals surface area contributed by atoms with Gasteiger partial charge in [-0.1, -0.05) is 86.2 Å². The van der Waals surface area contributed by atoms with Crippen molar-refractivity contribution in [2.24, 2.45) is 17.0 Å². The number of carbonyl (C=O) groups excluding carboxylic acids is 3. The molecule has 9 nitrogen and oxygen atoms in total. The summed E-state index contributed by atoms with van der Waals surface area (Å²) in [6.07, 6.45) is 6.33. The minimum Gasteiger partial charge on any atom is -0.396 e. The number of hydrogen-bond donors (Lipinski definition) is 2. The van der Waals surface area contributed by atoms with Gasteiger partial charge in [0.2, 0.25) is 5.91 Å². The first-order valence-corrected chi connectivity index (χ1v) is 18.2. The van der Waals surface area contributed by atoms with Gasteiger partial charge < -0.3 is 15.1 Å². The number of hydroxylamine groups is 1. The molecule has 1 fully saturated rings. The number of unbranched alkanes of at least 4 members (excludes halogenated alkanes) is 1. The Hall–Kier alpha value is -2.69. The second-order valence-electron chi connectivity index (χ2n) is 12.6. The fraction of sp³-hybridized carbons (Fsp3) is 0.579. The molecule has 0 saturated carbocycles. The molecule has 50 heavy (non-hydrogen) atoms. The van der Waals surface area contributed by atoms with E-state index in [-0.39, 0.29) is 49.8 Å². The summed E-state index contributed by atoms with van der Waals surface area (Å²) in [7, 11) is 1.38. The normalized spacial score (nSPS) is 14.8. The first-order chi connectivity index (χ1) is 23.4. The van der Waals surface area contributed by atoms with Gasteiger partial charge in [-0.05, 0) is 107 Å². The Morgan fingerprint density at radius 3 is 2.24 bits per heavy atom. The molecule has 3 rings (SSSR count). The number of piperidine rings is 1. The second-order valence-corrected chi connectivity index (χ2v) is 13.9. The Balaban J connectivity index is 0.000000707. The molecule has 0 spiro atoms. The average molecular weight is 756 g/mol. The zero-order valence-electron chi connectivity index (χ0n) is 29.8. The Morgan fingerprint density at radius 1 is 1.02 bits per heavy atom. The molecule has 2 aromatic rings. The van der Waals surface area contributed by atoms with Crippen LogP contribution >= 0.6 is 34.8 Å². The molecule has 1 heterocycles. The molecule has 12 heteroatoms. The minimum atomic E-state index is -0.269. The predicted octanol–water partition coefficient (Wildman–Crippen LogP) is 9.07. The number of rotatable bonds is 17. The van der Waals surface area contributed by atoms with E-state index in [1.165, 1.54) is 26.9 Å². The lowest BCUT2D eigenvalue weighted by Gasteiger charge is -2.31. The molecule has 0 bridgehead atoms. The second kappa shape index (κ2) is 24.5. The number of nitrogens with zero attached hydrogens (tertiary/aromatic N) is 2. The molecule has 0 aliphatic carbocycles. The van der Waals surface area contributed by atoms with Gasteiger partial charge in [0.25, 0.3) is 5.91 Å². The Kier molecular flexibility index (Phi) is 22.2. The number of likely N-dealkylation sites (tertiary alicyclic amines) is 1. The smallest absolute Gasteiger partial charge is 0.251 e. The lowest BCUT2D eigenvalue weighted by Crippen LogP contribution is -2.37. The van der Waals surface area contributed by atoms with E-state index in [0.717, 1.165) is 73.1 Å². The van der Waals surface area contributed by atoms with Crippen LogP contribution in [-0.2, 0) is 19.3 Å². The number of Topliss-reactive ketones (excluding diaryl/α,β-unsaturated/α-hetero) is 1. The van der Waals surface area contributed by atoms with Crippen molar-refractivity contribution in [3.63, 3.8) is 0 Å². The molecule has 2 N–H and O–H groups in total. The summed E-state index contributed by atoms with van der Waals surface area (Å²) in [4.78, 5) is 47.7. The van der Waals surface area contributed by atoms with Crippen molar-refractivity contribution < 1.29 is 24.1 Å². The fourth-order valence-electron chi connectivity index (χ4n) is 5.61. The number of halogens is 3. The largest absolute Gasteiger partial charge is 0.396 e. The number of aryl methyl sites for hydroxylation is 1. The van der Waals surface area contributed by atoms with Crippen LogP contribution in [-0.4, -0.2) is 68.1 Å². The van der Waals surface area contributed by atoms with Crippen molar-refractivity contribution in [1.29, 1.82) is 0 Å². The molecule has 2 unspecified atom stereocenters. The van der Waals surface area contributed by atoms with Gasteiger partial charge >= 0.3 is 0 Å². The maximum Gasteiger partial charge on any atom is 0.251 e. The number of hydrogen-bond acceptors (Lipinski definition) is 7. The number of oxime groups is 1. The van der Waals surface area contributed by atoms with E-state index in [4.69, 9.17) is 39.6 Å². The van der Waals surface area contributed by atoms with Gasteiger partial charge in [-0.25, -0.2) is 5.48 Å². The van der Waals surface area contributed by atoms with E-state index in [2.05, 4.69) is 45.6 Å². The van der Waals surface area contributed by atoms with Crippen molar-refractivity contribution in [2.75, 3.05) is 39.9 Å². The molecule has 1 aliphatic rings. The van der Waals surface area contributed by atoms with E-state index in [1.807, 2.05) is 26.0 Å². The van der Waals surface area contributed by atoms with Crippen molar-refractivity contribution in [2.45, 2.75) is 92.9 Å². The van der Waals surface area contributed by atoms with Gasteiger partial charge in [0.05, 0.1) is 19.4 Å². The monoisotopic (exact) mass is 754 g/mol. The van der Waals surface area contributed by atoms with Gasteiger partial charge in [-0.2, -0.15) is 0 Å². The highest BCUT2D eigenvalue weighted by atomic mass is 35.5. The van der Waals surface area contributed by atoms with Crippen molar-refractivity contribution in [1.82, 2.24) is 15.7 Å². The van der Waals surface area contributed by atoms with E-state index in [9.17, 15) is 14.4 Å². The molecule has 0 radical (unpaired) electrons. The fourth-order valence-corrected chi connectivity index (χ4v) is 6.25. The van der Waals surface area contributed by atoms with Crippen LogP contribution in [0.4, 0.5) is 0 Å². The van der Waals surface area contributed by atoms with Crippen molar-refractivity contribution in [3.8, 4) is 0 Å². The number of carbonyl (C=O) groups is 3. The summed E-state index contributed by atoms with van der Waals surface area (Å²) in [5.41, 5.74) is 5.50. The van der Waals surface area contributed by atoms with E-state index >= 15 is 0 Å². The average Bonchev–Trinajstić information content (AvgIpc) is 3.06. The molecule has 1 aliphatic heterocycles. The summed E-state index contributed by atoms with van der Waals surface area (Å²) < 4.78 is 0. The molecule has 1 saturated heterocycles. The van der Waals surface area contributed by atoms with Crippen LogP contribution in [0.15, 0.2) is 41.6 Å². The zero-order valence-corrected chi connectivity index (χ0v) is 32.0. The number of nitrogens with one attached hydrogen (secondary N) is 2. The summed E-state index contributed by atoms with van der Waals surface area (Å²) >= 11 is 18.5. The third-order valence-electron chi connectivity index (χ3n) is 8.59. The molecule has 0 aromatic heterocycles. The Labute approximate surface area is 314 Å². The maximum atomic E-state index is 12.9. The molecule has 2 amide bonds. The highest BCUT2D eigenvalue weighted by Crippen LogP contribution is 2.28. The minimum absolute atomic E-state index is 0. The molecule has 2 aromatic carbocycles. The van der Waals surface area contributed by atoms with Gasteiger partial charge in [0, 0.05) is 38.9 Å². The first-order valence-electron chi connectivity index (χ1n) is 17.1. The predicted molar refractivity (Wildman–Crippen MR) is 206 cm³/mol. The van der Waals surface area contributed by atoms with Crippen LogP contribution in [0.25, 0.3) is 0 Å². The summed E-state index contributed by atoms with van der Waals surface area (Å²) in [5.74, 6) is 0.166. The number of benzene rings is 2. The lowest BCUT2D eigenvalue weighted by molar-refractivity contribution is -0.135. The van der Waals surface area contributed by atoms with Crippen LogP contribution in [0.1, 0.15) is 107 Å². The summed E-state index contributed by atoms with van der Waals surface area (Å²) in [6, 6.07) is 10.9. The van der Waals surface area contributed by atoms with E-state index < -0.39 is 0 Å². The maximum absolute atomic E-state index is 12.9. The third-order valence-corrected chi connectivity index (χ3v) is 9.45. The highest BCUT2D eigenvalue weighted by molar-refractivity contribution is 6.35. The van der Waals surface area contributed by atoms with Crippen LogP contribution in [0.2, 0.25) is 15.1 Å². The number of amides is 2. The highest BCUT2D eigenvalue weighted by Gasteiger charge is 2.24. The van der Waals surface area contributed by atoms with Gasteiger partial charge in [-0.15, -0.1) is 0 Å². The molecular formula is C38H57Cl3N4O5. The number of ketones is 1. The summed E-state index contributed by atoms with van der Waals surface area (Å²) in [5, 5.41) is 8.98. The summed E-state index contributed by atoms with van der Waals surface area (Å²) in [6.45, 7) is 13.6. The van der Waals surface area contributed by atoms with Crippen molar-refractivity contribution in [3.05, 3.63) is 68.2 Å². The van der Waals surface area contributed by atoms with Crippen molar-refractivity contribution >= 4 is 58.1 Å². The molecular weight excluding hydrogens is 699 g/mol. The topological polar surface area (TPSA) is 109 Å². The Morgan fingerprint density at radius 2 is 1.68 bits per heavy atom. The van der Waals surface area contributed by atoms with Gasteiger partial charge in [-0.3, -0.25) is 19.2 Å². The lowest BCUT2D eigenvalue weighted by atomic mass is 9.89. The van der Waals surface area contributed by atoms with Crippen LogP contribution in [0, 0.1) is 18.8 Å². The van der Waals surface area contributed by atoms with Gasteiger partial charge in [0.15, 0.2) is 0 Å². The zero-order chi connectivity index (χ0) is 36.3. The molecule has 280 valence electrons. The van der Waals surface area contributed by atoms with Crippen LogP contribution in [0.3, 0.4) is 0 Å². The quantitative estimate of drug-likeness (QED) is 0.123. The standard InChI is InChI=1S/C27H34Cl3N3O2.C10H19NO3.CH4/c1-4-35-32-26(17-31-27(34)21-14-22(28)16-23(29)15-21)24(20-5-6-25(30)19(3)13-20)9-12-33-10-7-18(2)8-11-33;1-4-5-6-9(8(2)12)7-10(13)11-14-3;/h5-6,13-16,18,24H,4,7-12,17H2,1-3H3,(H,31,34);9H,4-7H2,1-3H3,(H,11,13);1H4/b32-26+;;. The van der Waals surface area contributed by atoms with Crippen LogP contribution < -0.4 is 10.8 Å². The SMILES string of the molecule is C.CCCCC(CC(=O)NOC)C(C)=O.CCO/N=C(\CNC(=O)c1cc(Cl)cc(Cl)c1)C(CCN1CCC(C)CC1)c1ccc(Cl)c(C)c1. The van der Waals surface area contributed by atoms with E-state index in [1.54, 1.807) is 18.2 Å².